The molecule has 18 heavy (non-hydrogen) atoms. The van der Waals surface area contributed by atoms with Crippen molar-refractivity contribution in [3.05, 3.63) is 28.2 Å². The van der Waals surface area contributed by atoms with E-state index in [4.69, 9.17) is 9.84 Å². The third-order valence-corrected chi connectivity index (χ3v) is 4.03. The SMILES string of the molecule is Cc1c(Br)cccc1NCC1CCC(C(=O)O)O1. The van der Waals surface area contributed by atoms with E-state index in [1.807, 2.05) is 25.1 Å². The van der Waals surface area contributed by atoms with Crippen LogP contribution in [0.25, 0.3) is 0 Å². The molecule has 0 bridgehead atoms. The minimum atomic E-state index is -0.865. The molecule has 98 valence electrons. The number of halogens is 1. The minimum absolute atomic E-state index is 0.0236. The fraction of sp³-hybridized carbons (Fsp3) is 0.462. The van der Waals surface area contributed by atoms with Crippen LogP contribution < -0.4 is 5.32 Å². The van der Waals surface area contributed by atoms with Crippen LogP contribution in [0.15, 0.2) is 22.7 Å². The molecule has 0 radical (unpaired) electrons. The van der Waals surface area contributed by atoms with Gasteiger partial charge in [0, 0.05) is 16.7 Å². The van der Waals surface area contributed by atoms with Crippen molar-refractivity contribution in [2.45, 2.75) is 32.0 Å². The van der Waals surface area contributed by atoms with Crippen LogP contribution in [-0.4, -0.2) is 29.8 Å². The number of benzene rings is 1. The maximum absolute atomic E-state index is 10.8. The Morgan fingerprint density at radius 1 is 1.56 bits per heavy atom. The van der Waals surface area contributed by atoms with Gasteiger partial charge in [0.15, 0.2) is 6.10 Å². The maximum atomic E-state index is 10.8. The van der Waals surface area contributed by atoms with Crippen molar-refractivity contribution >= 4 is 27.6 Å². The molecule has 1 aromatic rings. The van der Waals surface area contributed by atoms with E-state index in [9.17, 15) is 4.79 Å². The summed E-state index contributed by atoms with van der Waals surface area (Å²) in [4.78, 5) is 10.8. The first-order valence-electron chi connectivity index (χ1n) is 5.95. The van der Waals surface area contributed by atoms with Gasteiger partial charge in [-0.1, -0.05) is 22.0 Å². The third-order valence-electron chi connectivity index (χ3n) is 3.17. The fourth-order valence-electron chi connectivity index (χ4n) is 2.06. The molecule has 2 N–H and O–H groups in total. The third kappa shape index (κ3) is 3.03. The Balaban J connectivity index is 1.89. The van der Waals surface area contributed by atoms with Gasteiger partial charge in [-0.15, -0.1) is 0 Å². The van der Waals surface area contributed by atoms with Crippen molar-refractivity contribution in [3.63, 3.8) is 0 Å². The molecule has 1 aromatic carbocycles. The number of ether oxygens (including phenoxy) is 1. The minimum Gasteiger partial charge on any atom is -0.479 e. The predicted molar refractivity (Wildman–Crippen MR) is 72.9 cm³/mol. The molecule has 0 saturated carbocycles. The zero-order chi connectivity index (χ0) is 13.1. The molecule has 2 atom stereocenters. The number of anilines is 1. The molecule has 0 aromatic heterocycles. The van der Waals surface area contributed by atoms with Crippen molar-refractivity contribution in [3.8, 4) is 0 Å². The van der Waals surface area contributed by atoms with Gasteiger partial charge in [-0.2, -0.15) is 0 Å². The highest BCUT2D eigenvalue weighted by atomic mass is 79.9. The van der Waals surface area contributed by atoms with Gasteiger partial charge in [0.1, 0.15) is 0 Å². The highest BCUT2D eigenvalue weighted by Gasteiger charge is 2.30. The Labute approximate surface area is 114 Å². The van der Waals surface area contributed by atoms with Gasteiger partial charge < -0.3 is 15.2 Å². The van der Waals surface area contributed by atoms with Gasteiger partial charge in [0.2, 0.25) is 0 Å². The summed E-state index contributed by atoms with van der Waals surface area (Å²) in [7, 11) is 0. The van der Waals surface area contributed by atoms with Gasteiger partial charge in [-0.3, -0.25) is 0 Å². The second kappa shape index (κ2) is 5.71. The molecule has 1 fully saturated rings. The number of carbonyl (C=O) groups is 1. The summed E-state index contributed by atoms with van der Waals surface area (Å²) >= 11 is 3.48. The van der Waals surface area contributed by atoms with Gasteiger partial charge in [0.05, 0.1) is 6.10 Å². The van der Waals surface area contributed by atoms with E-state index in [-0.39, 0.29) is 6.10 Å². The lowest BCUT2D eigenvalue weighted by atomic mass is 10.1. The molecular weight excluding hydrogens is 298 g/mol. The summed E-state index contributed by atoms with van der Waals surface area (Å²) in [5.41, 5.74) is 2.19. The van der Waals surface area contributed by atoms with Gasteiger partial charge in [-0.25, -0.2) is 4.79 Å². The second-order valence-corrected chi connectivity index (χ2v) is 5.31. The van der Waals surface area contributed by atoms with Crippen LogP contribution in [0, 0.1) is 6.92 Å². The highest BCUT2D eigenvalue weighted by molar-refractivity contribution is 9.10. The zero-order valence-electron chi connectivity index (χ0n) is 10.1. The standard InChI is InChI=1S/C13H16BrNO3/c1-8-10(14)3-2-4-11(8)15-7-9-5-6-12(18-9)13(16)17/h2-4,9,12,15H,5-7H2,1H3,(H,16,17). The second-order valence-electron chi connectivity index (χ2n) is 4.46. The Morgan fingerprint density at radius 2 is 2.33 bits per heavy atom. The summed E-state index contributed by atoms with van der Waals surface area (Å²) in [5, 5.41) is 12.2. The Morgan fingerprint density at radius 3 is 3.00 bits per heavy atom. The van der Waals surface area contributed by atoms with Gasteiger partial charge >= 0.3 is 5.97 Å². The predicted octanol–water partition coefficient (Wildman–Crippen LogP) is 2.80. The van der Waals surface area contributed by atoms with E-state index >= 15 is 0 Å². The lowest BCUT2D eigenvalue weighted by molar-refractivity contribution is -0.149. The monoisotopic (exact) mass is 313 g/mol. The molecule has 0 aliphatic carbocycles. The number of aliphatic carboxylic acids is 1. The zero-order valence-corrected chi connectivity index (χ0v) is 11.7. The van der Waals surface area contributed by atoms with Crippen molar-refractivity contribution in [2.75, 3.05) is 11.9 Å². The first-order valence-corrected chi connectivity index (χ1v) is 6.74. The Kier molecular flexibility index (Phi) is 4.24. The highest BCUT2D eigenvalue weighted by Crippen LogP contribution is 2.25. The molecule has 1 aliphatic rings. The van der Waals surface area contributed by atoms with E-state index in [0.717, 1.165) is 22.1 Å². The topological polar surface area (TPSA) is 58.6 Å². The molecule has 2 unspecified atom stereocenters. The molecular formula is C13H16BrNO3. The average molecular weight is 314 g/mol. The summed E-state index contributed by atoms with van der Waals surface area (Å²) in [6.07, 6.45) is 0.723. The van der Waals surface area contributed by atoms with Crippen molar-refractivity contribution < 1.29 is 14.6 Å². The molecule has 0 spiro atoms. The van der Waals surface area contributed by atoms with Gasteiger partial charge in [0.25, 0.3) is 0 Å². The van der Waals surface area contributed by atoms with E-state index in [0.29, 0.717) is 13.0 Å². The molecule has 1 saturated heterocycles. The van der Waals surface area contributed by atoms with E-state index < -0.39 is 12.1 Å². The van der Waals surface area contributed by atoms with Crippen LogP contribution in [0.4, 0.5) is 5.69 Å². The van der Waals surface area contributed by atoms with Crippen molar-refractivity contribution in [1.82, 2.24) is 0 Å². The van der Waals surface area contributed by atoms with Gasteiger partial charge in [-0.05, 0) is 37.5 Å². The number of carboxylic acid groups (broad SMARTS) is 1. The number of hydrogen-bond acceptors (Lipinski definition) is 3. The van der Waals surface area contributed by atoms with E-state index in [2.05, 4.69) is 21.2 Å². The number of carboxylic acids is 1. The van der Waals surface area contributed by atoms with Crippen molar-refractivity contribution in [2.24, 2.45) is 0 Å². The normalized spacial score (nSPS) is 23.0. The van der Waals surface area contributed by atoms with E-state index in [1.54, 1.807) is 0 Å². The van der Waals surface area contributed by atoms with Crippen LogP contribution in [-0.2, 0) is 9.53 Å². The summed E-state index contributed by atoms with van der Waals surface area (Å²) < 4.78 is 6.50. The first kappa shape index (κ1) is 13.4. The molecule has 0 amide bonds. The summed E-state index contributed by atoms with van der Waals surface area (Å²) in [6, 6.07) is 5.96. The van der Waals surface area contributed by atoms with Crippen LogP contribution in [0.5, 0.6) is 0 Å². The number of nitrogens with one attached hydrogen (secondary N) is 1. The Bertz CT molecular complexity index is 450. The van der Waals surface area contributed by atoms with Crippen LogP contribution in [0.3, 0.4) is 0 Å². The largest absolute Gasteiger partial charge is 0.479 e. The molecule has 1 aliphatic heterocycles. The molecule has 2 rings (SSSR count). The number of hydrogen-bond donors (Lipinski definition) is 2. The van der Waals surface area contributed by atoms with Crippen molar-refractivity contribution in [1.29, 1.82) is 0 Å². The quantitative estimate of drug-likeness (QED) is 0.897. The summed E-state index contributed by atoms with van der Waals surface area (Å²) in [6.45, 7) is 2.67. The average Bonchev–Trinajstić information content (AvgIpc) is 2.80. The first-order chi connectivity index (χ1) is 8.58. The number of rotatable bonds is 4. The fourth-order valence-corrected chi connectivity index (χ4v) is 2.43. The molecule has 5 heteroatoms. The molecule has 1 heterocycles. The van der Waals surface area contributed by atoms with Crippen LogP contribution in [0.1, 0.15) is 18.4 Å². The summed E-state index contributed by atoms with van der Waals surface area (Å²) in [5.74, 6) is -0.865. The van der Waals surface area contributed by atoms with Crippen LogP contribution >= 0.6 is 15.9 Å². The lowest BCUT2D eigenvalue weighted by Gasteiger charge is -2.15. The lowest BCUT2D eigenvalue weighted by Crippen LogP contribution is -2.24. The Hall–Kier alpha value is -1.07. The smallest absolute Gasteiger partial charge is 0.332 e. The van der Waals surface area contributed by atoms with E-state index in [1.165, 1.54) is 0 Å². The van der Waals surface area contributed by atoms with Crippen LogP contribution in [0.2, 0.25) is 0 Å². The maximum Gasteiger partial charge on any atom is 0.332 e. The molecule has 4 nitrogen and oxygen atoms in total.